The van der Waals surface area contributed by atoms with E-state index >= 15 is 0 Å². The summed E-state index contributed by atoms with van der Waals surface area (Å²) in [5.74, 6) is 1.15. The van der Waals surface area contributed by atoms with E-state index in [1.165, 1.54) is 30.5 Å². The summed E-state index contributed by atoms with van der Waals surface area (Å²) < 4.78 is 2.04. The van der Waals surface area contributed by atoms with Crippen molar-refractivity contribution in [2.75, 3.05) is 5.75 Å². The zero-order valence-electron chi connectivity index (χ0n) is 16.4. The number of benzene rings is 1. The Kier molecular flexibility index (Phi) is 5.58. The fourth-order valence-corrected chi connectivity index (χ4v) is 5.44. The molecule has 0 bridgehead atoms. The van der Waals surface area contributed by atoms with Crippen LogP contribution in [0, 0.1) is 0 Å². The van der Waals surface area contributed by atoms with E-state index in [1.807, 2.05) is 29.9 Å². The third-order valence-electron chi connectivity index (χ3n) is 5.96. The van der Waals surface area contributed by atoms with Gasteiger partial charge in [-0.15, -0.1) is 11.8 Å². The van der Waals surface area contributed by atoms with E-state index in [2.05, 4.69) is 17.9 Å². The van der Waals surface area contributed by atoms with Gasteiger partial charge in [0.1, 0.15) is 0 Å². The Hall–Kier alpha value is -1.75. The molecular weight excluding hydrogens is 354 g/mol. The minimum Gasteiger partial charge on any atom is -0.330 e. The second kappa shape index (κ2) is 8.09. The normalized spacial score (nSPS) is 16.7. The first-order valence-corrected chi connectivity index (χ1v) is 11.2. The van der Waals surface area contributed by atoms with E-state index in [0.717, 1.165) is 47.6 Å². The van der Waals surface area contributed by atoms with Crippen LogP contribution < -0.4 is 0 Å². The number of carbonyl (C=O) groups excluding carboxylic acids is 1. The quantitative estimate of drug-likeness (QED) is 0.684. The molecule has 0 aliphatic heterocycles. The van der Waals surface area contributed by atoms with Crippen molar-refractivity contribution in [1.29, 1.82) is 0 Å². The molecule has 0 unspecified atom stereocenters. The minimum atomic E-state index is 0.177. The predicted octanol–water partition coefficient (Wildman–Crippen LogP) is 4.61. The SMILES string of the molecule is CCSc1ccccc1C(=O)N(Cc1nn(C)c2c1CCC2)C1CCCC1. The van der Waals surface area contributed by atoms with Crippen LogP contribution in [0.3, 0.4) is 0 Å². The molecule has 0 spiro atoms. The lowest BCUT2D eigenvalue weighted by Gasteiger charge is -2.29. The average molecular weight is 384 g/mol. The molecule has 1 fully saturated rings. The molecule has 4 nitrogen and oxygen atoms in total. The van der Waals surface area contributed by atoms with Gasteiger partial charge in [-0.25, -0.2) is 0 Å². The fraction of sp³-hybridized carbons (Fsp3) is 0.545. The summed E-state index contributed by atoms with van der Waals surface area (Å²) >= 11 is 1.75. The molecule has 0 radical (unpaired) electrons. The summed E-state index contributed by atoms with van der Waals surface area (Å²) in [7, 11) is 2.04. The number of amides is 1. The predicted molar refractivity (Wildman–Crippen MR) is 110 cm³/mol. The van der Waals surface area contributed by atoms with Crippen molar-refractivity contribution in [2.24, 2.45) is 7.05 Å². The second-order valence-corrected chi connectivity index (χ2v) is 8.96. The van der Waals surface area contributed by atoms with E-state index < -0.39 is 0 Å². The fourth-order valence-electron chi connectivity index (χ4n) is 4.65. The summed E-state index contributed by atoms with van der Waals surface area (Å²) in [5.41, 5.74) is 4.73. The van der Waals surface area contributed by atoms with Gasteiger partial charge in [0, 0.05) is 23.7 Å². The van der Waals surface area contributed by atoms with Gasteiger partial charge in [0.15, 0.2) is 0 Å². The van der Waals surface area contributed by atoms with Gasteiger partial charge < -0.3 is 4.90 Å². The molecule has 1 aromatic heterocycles. The van der Waals surface area contributed by atoms with Gasteiger partial charge in [-0.1, -0.05) is 31.9 Å². The maximum atomic E-state index is 13.6. The van der Waals surface area contributed by atoms with Crippen LogP contribution >= 0.6 is 11.8 Å². The summed E-state index contributed by atoms with van der Waals surface area (Å²) in [5, 5.41) is 4.80. The van der Waals surface area contributed by atoms with Crippen LogP contribution in [0.15, 0.2) is 29.2 Å². The van der Waals surface area contributed by atoms with Crippen molar-refractivity contribution < 1.29 is 4.79 Å². The number of aromatic nitrogens is 2. The molecule has 4 rings (SSSR count). The van der Waals surface area contributed by atoms with Crippen molar-refractivity contribution in [3.8, 4) is 0 Å². The van der Waals surface area contributed by atoms with Crippen molar-refractivity contribution in [2.45, 2.75) is 69.4 Å². The van der Waals surface area contributed by atoms with Crippen LogP contribution in [-0.2, 0) is 26.4 Å². The molecule has 144 valence electrons. The Bertz CT molecular complexity index is 823. The van der Waals surface area contributed by atoms with E-state index in [1.54, 1.807) is 11.8 Å². The maximum Gasteiger partial charge on any atom is 0.255 e. The Morgan fingerprint density at radius 2 is 2.00 bits per heavy atom. The van der Waals surface area contributed by atoms with Gasteiger partial charge >= 0.3 is 0 Å². The Balaban J connectivity index is 1.66. The lowest BCUT2D eigenvalue weighted by molar-refractivity contribution is 0.0657. The third kappa shape index (κ3) is 3.66. The van der Waals surface area contributed by atoms with Crippen LogP contribution in [0.2, 0.25) is 0 Å². The number of thioether (sulfide) groups is 1. The minimum absolute atomic E-state index is 0.177. The van der Waals surface area contributed by atoms with Crippen LogP contribution in [0.5, 0.6) is 0 Å². The summed E-state index contributed by atoms with van der Waals surface area (Å²) in [6.45, 7) is 2.79. The van der Waals surface area contributed by atoms with Crippen LogP contribution in [0.25, 0.3) is 0 Å². The number of nitrogens with zero attached hydrogens (tertiary/aromatic N) is 3. The highest BCUT2D eigenvalue weighted by molar-refractivity contribution is 7.99. The van der Waals surface area contributed by atoms with Gasteiger partial charge in [0.25, 0.3) is 5.91 Å². The molecule has 1 heterocycles. The molecule has 0 atom stereocenters. The maximum absolute atomic E-state index is 13.6. The molecule has 27 heavy (non-hydrogen) atoms. The van der Waals surface area contributed by atoms with Crippen LogP contribution in [-0.4, -0.2) is 32.4 Å². The lowest BCUT2D eigenvalue weighted by Crippen LogP contribution is -2.39. The molecule has 1 aromatic carbocycles. The molecule has 2 aromatic rings. The number of hydrogen-bond donors (Lipinski definition) is 0. The van der Waals surface area contributed by atoms with Crippen molar-refractivity contribution in [3.05, 3.63) is 46.8 Å². The molecule has 2 aliphatic carbocycles. The first kappa shape index (κ1) is 18.6. The first-order valence-electron chi connectivity index (χ1n) is 10.3. The molecule has 1 amide bonds. The standard InChI is InChI=1S/C22H29N3OS/c1-3-27-21-14-7-6-11-18(21)22(26)25(16-9-4-5-10-16)15-19-17-12-8-13-20(17)24(2)23-19/h6-7,11,14,16H,3-5,8-10,12-13,15H2,1-2H3. The Labute approximate surface area is 166 Å². The van der Waals surface area contributed by atoms with E-state index in [4.69, 9.17) is 5.10 Å². The van der Waals surface area contributed by atoms with Crippen molar-refractivity contribution >= 4 is 17.7 Å². The van der Waals surface area contributed by atoms with Crippen molar-refractivity contribution in [3.63, 3.8) is 0 Å². The lowest BCUT2D eigenvalue weighted by atomic mass is 10.1. The number of hydrogen-bond acceptors (Lipinski definition) is 3. The van der Waals surface area contributed by atoms with Gasteiger partial charge in [-0.05, 0) is 55.6 Å². The van der Waals surface area contributed by atoms with Gasteiger partial charge in [0.2, 0.25) is 0 Å². The smallest absolute Gasteiger partial charge is 0.255 e. The van der Waals surface area contributed by atoms with Crippen molar-refractivity contribution in [1.82, 2.24) is 14.7 Å². The van der Waals surface area contributed by atoms with Crippen LogP contribution in [0.4, 0.5) is 0 Å². The Morgan fingerprint density at radius 1 is 1.22 bits per heavy atom. The van der Waals surface area contributed by atoms with Crippen LogP contribution in [0.1, 0.15) is 66.3 Å². The van der Waals surface area contributed by atoms with E-state index in [9.17, 15) is 4.79 Å². The number of fused-ring (bicyclic) bond motifs is 1. The highest BCUT2D eigenvalue weighted by atomic mass is 32.2. The molecule has 5 heteroatoms. The summed E-state index contributed by atoms with van der Waals surface area (Å²) in [4.78, 5) is 16.8. The van der Waals surface area contributed by atoms with Gasteiger partial charge in [0.05, 0.1) is 17.8 Å². The zero-order valence-corrected chi connectivity index (χ0v) is 17.2. The topological polar surface area (TPSA) is 38.1 Å². The molecule has 0 N–H and O–H groups in total. The molecule has 0 saturated heterocycles. The largest absolute Gasteiger partial charge is 0.330 e. The first-order chi connectivity index (χ1) is 13.2. The molecular formula is C22H29N3OS. The third-order valence-corrected chi connectivity index (χ3v) is 6.92. The zero-order chi connectivity index (χ0) is 18.8. The monoisotopic (exact) mass is 383 g/mol. The highest BCUT2D eigenvalue weighted by Gasteiger charge is 2.31. The second-order valence-electron chi connectivity index (χ2n) is 7.65. The summed E-state index contributed by atoms with van der Waals surface area (Å²) in [6.07, 6.45) is 8.11. The van der Waals surface area contributed by atoms with Gasteiger partial charge in [-0.2, -0.15) is 5.10 Å². The van der Waals surface area contributed by atoms with E-state index in [-0.39, 0.29) is 5.91 Å². The molecule has 1 saturated carbocycles. The number of carbonyl (C=O) groups is 1. The number of rotatable bonds is 6. The summed E-state index contributed by atoms with van der Waals surface area (Å²) in [6, 6.07) is 8.42. The Morgan fingerprint density at radius 3 is 2.78 bits per heavy atom. The van der Waals surface area contributed by atoms with E-state index in [0.29, 0.717) is 12.6 Å². The van der Waals surface area contributed by atoms with Gasteiger partial charge in [-0.3, -0.25) is 9.48 Å². The number of aryl methyl sites for hydroxylation is 1. The average Bonchev–Trinajstić information content (AvgIpc) is 3.41. The molecule has 2 aliphatic rings. The highest BCUT2D eigenvalue weighted by Crippen LogP contribution is 2.32.